The standard InChI is InChI=1S/C36H40O6/c1-2-38-36-35(41-26-31-21-13-6-14-22-31)34(40-25-30-19-11-5-12-20-30)33(39-24-29-17-9-4-10-18-29)32(42-36)27-37-23-28-15-7-3-8-16-28/h3-22,32-36H,2,23-27H2,1H3/t32?,33-,34-,35?,36-/m0/s1. The van der Waals surface area contributed by atoms with E-state index in [4.69, 9.17) is 28.4 Å². The van der Waals surface area contributed by atoms with Gasteiger partial charge in [0.1, 0.15) is 24.4 Å². The van der Waals surface area contributed by atoms with Gasteiger partial charge in [-0.15, -0.1) is 0 Å². The number of hydrogen-bond donors (Lipinski definition) is 0. The minimum atomic E-state index is -0.651. The van der Waals surface area contributed by atoms with Crippen LogP contribution >= 0.6 is 0 Å². The molecule has 1 saturated heterocycles. The van der Waals surface area contributed by atoms with Gasteiger partial charge in [-0.3, -0.25) is 0 Å². The largest absolute Gasteiger partial charge is 0.374 e. The highest BCUT2D eigenvalue weighted by molar-refractivity contribution is 5.16. The predicted molar refractivity (Wildman–Crippen MR) is 161 cm³/mol. The van der Waals surface area contributed by atoms with Crippen LogP contribution in [-0.2, 0) is 54.8 Å². The minimum Gasteiger partial charge on any atom is -0.374 e. The second-order valence-electron chi connectivity index (χ2n) is 10.3. The summed E-state index contributed by atoms with van der Waals surface area (Å²) in [6, 6.07) is 40.5. The third-order valence-corrected chi connectivity index (χ3v) is 7.17. The molecule has 6 heteroatoms. The summed E-state index contributed by atoms with van der Waals surface area (Å²) in [6.07, 6.45) is -2.57. The Kier molecular flexibility index (Phi) is 11.7. The van der Waals surface area contributed by atoms with Gasteiger partial charge in [0.15, 0.2) is 6.29 Å². The lowest BCUT2D eigenvalue weighted by Crippen LogP contribution is -2.61. The summed E-state index contributed by atoms with van der Waals surface area (Å²) in [7, 11) is 0. The van der Waals surface area contributed by atoms with E-state index >= 15 is 0 Å². The molecule has 5 atom stereocenters. The molecular weight excluding hydrogens is 528 g/mol. The topological polar surface area (TPSA) is 55.4 Å². The highest BCUT2D eigenvalue weighted by Gasteiger charge is 2.49. The van der Waals surface area contributed by atoms with Crippen LogP contribution < -0.4 is 0 Å². The van der Waals surface area contributed by atoms with Crippen LogP contribution in [0.3, 0.4) is 0 Å². The summed E-state index contributed by atoms with van der Waals surface area (Å²) in [5, 5.41) is 0. The summed E-state index contributed by atoms with van der Waals surface area (Å²) < 4.78 is 38.7. The first kappa shape index (κ1) is 30.1. The van der Waals surface area contributed by atoms with Crippen molar-refractivity contribution in [1.82, 2.24) is 0 Å². The van der Waals surface area contributed by atoms with Crippen LogP contribution in [0.1, 0.15) is 29.2 Å². The van der Waals surface area contributed by atoms with E-state index < -0.39 is 30.7 Å². The Balaban J connectivity index is 1.40. The van der Waals surface area contributed by atoms with Crippen LogP contribution in [0.2, 0.25) is 0 Å². The molecule has 0 radical (unpaired) electrons. The van der Waals surface area contributed by atoms with Gasteiger partial charge in [-0.2, -0.15) is 0 Å². The molecule has 1 fully saturated rings. The van der Waals surface area contributed by atoms with Crippen molar-refractivity contribution in [3.05, 3.63) is 144 Å². The normalized spacial score (nSPS) is 22.2. The number of benzene rings is 4. The molecule has 4 aromatic rings. The molecule has 1 heterocycles. The van der Waals surface area contributed by atoms with E-state index in [1.807, 2.05) is 104 Å². The van der Waals surface area contributed by atoms with E-state index in [1.54, 1.807) is 0 Å². The average Bonchev–Trinajstić information content (AvgIpc) is 3.05. The van der Waals surface area contributed by atoms with Crippen molar-refractivity contribution in [3.63, 3.8) is 0 Å². The van der Waals surface area contributed by atoms with Gasteiger partial charge in [0.05, 0.1) is 33.0 Å². The van der Waals surface area contributed by atoms with Crippen LogP contribution in [0.25, 0.3) is 0 Å². The van der Waals surface area contributed by atoms with Crippen molar-refractivity contribution < 1.29 is 28.4 Å². The third kappa shape index (κ3) is 8.82. The second kappa shape index (κ2) is 16.3. The van der Waals surface area contributed by atoms with E-state index in [2.05, 4.69) is 24.3 Å². The zero-order valence-corrected chi connectivity index (χ0v) is 24.1. The zero-order chi connectivity index (χ0) is 28.8. The molecule has 1 aliphatic rings. The molecule has 0 saturated carbocycles. The molecular formula is C36H40O6. The minimum absolute atomic E-state index is 0.314. The molecule has 42 heavy (non-hydrogen) atoms. The SMILES string of the molecule is CCO[C@H]1OC(COCc2ccccc2)[C@H](OCc2ccccc2)[C@H](OCc2ccccc2)C1OCc1ccccc1. The molecule has 4 aromatic carbocycles. The Morgan fingerprint density at radius 2 is 0.881 bits per heavy atom. The van der Waals surface area contributed by atoms with Crippen molar-refractivity contribution in [1.29, 1.82) is 0 Å². The Morgan fingerprint density at radius 3 is 1.33 bits per heavy atom. The first-order valence-electron chi connectivity index (χ1n) is 14.7. The second-order valence-corrected chi connectivity index (χ2v) is 10.3. The maximum atomic E-state index is 6.68. The first-order chi connectivity index (χ1) is 20.8. The van der Waals surface area contributed by atoms with E-state index in [-0.39, 0.29) is 0 Å². The van der Waals surface area contributed by atoms with E-state index in [0.29, 0.717) is 39.6 Å². The molecule has 220 valence electrons. The molecule has 0 bridgehead atoms. The Hall–Kier alpha value is -3.36. The zero-order valence-electron chi connectivity index (χ0n) is 24.1. The van der Waals surface area contributed by atoms with Crippen molar-refractivity contribution in [2.24, 2.45) is 0 Å². The fraction of sp³-hybridized carbons (Fsp3) is 0.333. The highest BCUT2D eigenvalue weighted by atomic mass is 16.7. The van der Waals surface area contributed by atoms with Gasteiger partial charge < -0.3 is 28.4 Å². The quantitative estimate of drug-likeness (QED) is 0.159. The fourth-order valence-electron chi connectivity index (χ4n) is 5.05. The van der Waals surface area contributed by atoms with Crippen molar-refractivity contribution >= 4 is 0 Å². The van der Waals surface area contributed by atoms with Gasteiger partial charge in [-0.1, -0.05) is 121 Å². The van der Waals surface area contributed by atoms with E-state index in [1.165, 1.54) is 0 Å². The molecule has 0 aliphatic carbocycles. The van der Waals surface area contributed by atoms with Gasteiger partial charge in [-0.25, -0.2) is 0 Å². The van der Waals surface area contributed by atoms with Crippen molar-refractivity contribution in [3.8, 4) is 0 Å². The Labute approximate surface area is 249 Å². The fourth-order valence-corrected chi connectivity index (χ4v) is 5.05. The molecule has 0 spiro atoms. The lowest BCUT2D eigenvalue weighted by Gasteiger charge is -2.45. The van der Waals surface area contributed by atoms with Gasteiger partial charge in [0.2, 0.25) is 0 Å². The van der Waals surface area contributed by atoms with Crippen LogP contribution in [0.4, 0.5) is 0 Å². The van der Waals surface area contributed by atoms with E-state index in [0.717, 1.165) is 22.3 Å². The molecule has 0 amide bonds. The molecule has 1 aliphatic heterocycles. The van der Waals surface area contributed by atoms with Crippen LogP contribution in [0, 0.1) is 0 Å². The summed E-state index contributed by atoms with van der Waals surface area (Å²) in [4.78, 5) is 0. The van der Waals surface area contributed by atoms with Crippen LogP contribution in [-0.4, -0.2) is 43.9 Å². The summed E-state index contributed by atoms with van der Waals surface area (Å²) in [6.45, 7) is 4.40. The molecule has 0 aromatic heterocycles. The van der Waals surface area contributed by atoms with Gasteiger partial charge in [-0.05, 0) is 29.2 Å². The van der Waals surface area contributed by atoms with Crippen molar-refractivity contribution in [2.45, 2.75) is 64.1 Å². The number of ether oxygens (including phenoxy) is 6. The number of rotatable bonds is 15. The predicted octanol–water partition coefficient (Wildman–Crippen LogP) is 6.72. The highest BCUT2D eigenvalue weighted by Crippen LogP contribution is 2.31. The smallest absolute Gasteiger partial charge is 0.186 e. The lowest BCUT2D eigenvalue weighted by atomic mass is 9.97. The van der Waals surface area contributed by atoms with Crippen molar-refractivity contribution in [2.75, 3.05) is 13.2 Å². The molecule has 2 unspecified atom stereocenters. The van der Waals surface area contributed by atoms with Crippen LogP contribution in [0.15, 0.2) is 121 Å². The summed E-state index contributed by atoms with van der Waals surface area (Å²) in [5.41, 5.74) is 4.29. The summed E-state index contributed by atoms with van der Waals surface area (Å²) >= 11 is 0. The van der Waals surface area contributed by atoms with E-state index in [9.17, 15) is 0 Å². The lowest BCUT2D eigenvalue weighted by molar-refractivity contribution is -0.327. The van der Waals surface area contributed by atoms with Gasteiger partial charge in [0.25, 0.3) is 0 Å². The monoisotopic (exact) mass is 568 g/mol. The molecule has 0 N–H and O–H groups in total. The molecule has 5 rings (SSSR count). The average molecular weight is 569 g/mol. The molecule has 6 nitrogen and oxygen atoms in total. The first-order valence-corrected chi connectivity index (χ1v) is 14.7. The third-order valence-electron chi connectivity index (χ3n) is 7.17. The summed E-state index contributed by atoms with van der Waals surface area (Å²) in [5.74, 6) is 0. The van der Waals surface area contributed by atoms with Gasteiger partial charge in [0, 0.05) is 6.61 Å². The Morgan fingerprint density at radius 1 is 0.476 bits per heavy atom. The van der Waals surface area contributed by atoms with Gasteiger partial charge >= 0.3 is 0 Å². The maximum absolute atomic E-state index is 6.68. The Bertz CT molecular complexity index is 1270. The maximum Gasteiger partial charge on any atom is 0.186 e. The van der Waals surface area contributed by atoms with Crippen LogP contribution in [0.5, 0.6) is 0 Å². The number of hydrogen-bond acceptors (Lipinski definition) is 6.